The predicted octanol–water partition coefficient (Wildman–Crippen LogP) is 0.238. The molecular weight excluding hydrogens is 138 g/mol. The molecule has 4 heteroatoms. The van der Waals surface area contributed by atoms with Gasteiger partial charge in [0.1, 0.15) is 0 Å². The largest absolute Gasteiger partial charge is 0.481 e. The monoisotopic (exact) mass is 147 g/mol. The van der Waals surface area contributed by atoms with Gasteiger partial charge in [0.2, 0.25) is 0 Å². The standard InChI is InChI=1S/C5H9NO2S/c1-5(4(7)8)2-6(9)3-5/h9H,2-3H2,1H3,(H,7,8). The van der Waals surface area contributed by atoms with Gasteiger partial charge in [0.15, 0.2) is 0 Å². The lowest BCUT2D eigenvalue weighted by atomic mass is 9.84. The van der Waals surface area contributed by atoms with Crippen LogP contribution in [0.1, 0.15) is 6.92 Å². The first-order chi connectivity index (χ1) is 4.04. The van der Waals surface area contributed by atoms with E-state index in [4.69, 9.17) is 5.11 Å². The van der Waals surface area contributed by atoms with Gasteiger partial charge in [-0.25, -0.2) is 0 Å². The Balaban J connectivity index is 2.50. The summed E-state index contributed by atoms with van der Waals surface area (Å²) in [5.74, 6) is -0.729. The number of hydrogen-bond acceptors (Lipinski definition) is 3. The Kier molecular flexibility index (Phi) is 1.44. The molecule has 1 aliphatic rings. The van der Waals surface area contributed by atoms with Crippen molar-refractivity contribution >= 4 is 18.8 Å². The van der Waals surface area contributed by atoms with Gasteiger partial charge in [-0.05, 0) is 6.92 Å². The minimum atomic E-state index is -0.729. The zero-order chi connectivity index (χ0) is 7.07. The van der Waals surface area contributed by atoms with Gasteiger partial charge >= 0.3 is 5.97 Å². The lowest BCUT2D eigenvalue weighted by Gasteiger charge is -2.41. The molecule has 0 aromatic rings. The van der Waals surface area contributed by atoms with E-state index in [0.717, 1.165) is 0 Å². The van der Waals surface area contributed by atoms with Crippen LogP contribution in [0.3, 0.4) is 0 Å². The van der Waals surface area contributed by atoms with E-state index in [9.17, 15) is 4.79 Å². The number of hydrogen-bond donors (Lipinski definition) is 2. The third-order valence-electron chi connectivity index (χ3n) is 1.58. The molecule has 0 radical (unpaired) electrons. The van der Waals surface area contributed by atoms with E-state index >= 15 is 0 Å². The summed E-state index contributed by atoms with van der Waals surface area (Å²) < 4.78 is 1.69. The fourth-order valence-electron chi connectivity index (χ4n) is 0.895. The molecule has 0 saturated carbocycles. The Hall–Kier alpha value is -0.220. The van der Waals surface area contributed by atoms with Crippen molar-refractivity contribution in [3.63, 3.8) is 0 Å². The van der Waals surface area contributed by atoms with Gasteiger partial charge in [0, 0.05) is 13.1 Å². The van der Waals surface area contributed by atoms with E-state index < -0.39 is 11.4 Å². The van der Waals surface area contributed by atoms with Gasteiger partial charge in [-0.3, -0.25) is 9.10 Å². The topological polar surface area (TPSA) is 40.5 Å². The average molecular weight is 147 g/mol. The molecule has 9 heavy (non-hydrogen) atoms. The highest BCUT2D eigenvalue weighted by Crippen LogP contribution is 2.30. The number of thiol groups is 1. The van der Waals surface area contributed by atoms with E-state index in [0.29, 0.717) is 13.1 Å². The Morgan fingerprint density at radius 1 is 1.78 bits per heavy atom. The number of aliphatic carboxylic acids is 1. The molecule has 1 heterocycles. The van der Waals surface area contributed by atoms with Gasteiger partial charge in [0.05, 0.1) is 5.41 Å². The number of carbonyl (C=O) groups is 1. The molecule has 1 fully saturated rings. The summed E-state index contributed by atoms with van der Waals surface area (Å²) in [4.78, 5) is 10.4. The third kappa shape index (κ3) is 1.04. The molecule has 0 spiro atoms. The van der Waals surface area contributed by atoms with E-state index in [1.165, 1.54) is 0 Å². The smallest absolute Gasteiger partial charge is 0.312 e. The van der Waals surface area contributed by atoms with Crippen LogP contribution in [0, 0.1) is 5.41 Å². The van der Waals surface area contributed by atoms with Crippen molar-refractivity contribution in [1.82, 2.24) is 4.31 Å². The zero-order valence-corrected chi connectivity index (χ0v) is 6.06. The Morgan fingerprint density at radius 2 is 2.22 bits per heavy atom. The zero-order valence-electron chi connectivity index (χ0n) is 5.16. The highest BCUT2D eigenvalue weighted by atomic mass is 32.1. The first kappa shape index (κ1) is 6.89. The molecule has 1 rings (SSSR count). The summed E-state index contributed by atoms with van der Waals surface area (Å²) in [7, 11) is 0. The summed E-state index contributed by atoms with van der Waals surface area (Å²) in [6, 6.07) is 0. The second kappa shape index (κ2) is 1.88. The first-order valence-electron chi connectivity index (χ1n) is 2.72. The normalized spacial score (nSPS) is 25.1. The fourth-order valence-corrected chi connectivity index (χ4v) is 1.52. The van der Waals surface area contributed by atoms with Crippen molar-refractivity contribution in [2.24, 2.45) is 5.41 Å². The van der Waals surface area contributed by atoms with Crippen LogP contribution in [-0.4, -0.2) is 28.5 Å². The summed E-state index contributed by atoms with van der Waals surface area (Å²) in [5.41, 5.74) is -0.540. The van der Waals surface area contributed by atoms with Crippen molar-refractivity contribution in [2.45, 2.75) is 6.92 Å². The van der Waals surface area contributed by atoms with Gasteiger partial charge in [-0.2, -0.15) is 0 Å². The molecule has 1 aliphatic heterocycles. The molecule has 3 nitrogen and oxygen atoms in total. The average Bonchev–Trinajstić information content (AvgIpc) is 1.62. The molecule has 0 bridgehead atoms. The molecule has 0 amide bonds. The van der Waals surface area contributed by atoms with Crippen molar-refractivity contribution in [3.8, 4) is 0 Å². The van der Waals surface area contributed by atoms with E-state index in [1.807, 2.05) is 0 Å². The van der Waals surface area contributed by atoms with Crippen LogP contribution < -0.4 is 0 Å². The molecule has 0 aromatic carbocycles. The Labute approximate surface area is 59.2 Å². The molecule has 1 saturated heterocycles. The van der Waals surface area contributed by atoms with Crippen LogP contribution in [0.5, 0.6) is 0 Å². The van der Waals surface area contributed by atoms with Crippen LogP contribution in [-0.2, 0) is 4.79 Å². The van der Waals surface area contributed by atoms with Crippen molar-refractivity contribution in [2.75, 3.05) is 13.1 Å². The molecule has 1 N–H and O–H groups in total. The Bertz CT molecular complexity index is 142. The number of rotatable bonds is 1. The molecule has 52 valence electrons. The van der Waals surface area contributed by atoms with Crippen LogP contribution in [0.2, 0.25) is 0 Å². The maximum atomic E-state index is 10.4. The summed E-state index contributed by atoms with van der Waals surface area (Å²) >= 11 is 3.96. The highest BCUT2D eigenvalue weighted by molar-refractivity contribution is 7.77. The molecule has 0 atom stereocenters. The van der Waals surface area contributed by atoms with Gasteiger partial charge in [-0.1, -0.05) is 12.8 Å². The lowest BCUT2D eigenvalue weighted by Crippen LogP contribution is -2.54. The quantitative estimate of drug-likeness (QED) is 0.522. The number of carboxylic acids is 1. The Morgan fingerprint density at radius 3 is 2.33 bits per heavy atom. The fraction of sp³-hybridized carbons (Fsp3) is 0.800. The van der Waals surface area contributed by atoms with Crippen molar-refractivity contribution < 1.29 is 9.90 Å². The molecule has 0 aromatic heterocycles. The van der Waals surface area contributed by atoms with E-state index in [2.05, 4.69) is 12.8 Å². The third-order valence-corrected chi connectivity index (χ3v) is 1.86. The summed E-state index contributed by atoms with van der Waals surface area (Å²) in [6.07, 6.45) is 0. The molecule has 0 unspecified atom stereocenters. The van der Waals surface area contributed by atoms with Crippen LogP contribution in [0.25, 0.3) is 0 Å². The van der Waals surface area contributed by atoms with Gasteiger partial charge < -0.3 is 5.11 Å². The minimum absolute atomic E-state index is 0.540. The highest BCUT2D eigenvalue weighted by Gasteiger charge is 2.44. The van der Waals surface area contributed by atoms with Crippen molar-refractivity contribution in [1.29, 1.82) is 0 Å². The summed E-state index contributed by atoms with van der Waals surface area (Å²) in [6.45, 7) is 2.82. The lowest BCUT2D eigenvalue weighted by molar-refractivity contribution is -0.154. The van der Waals surface area contributed by atoms with Crippen LogP contribution in [0.15, 0.2) is 0 Å². The molecular formula is C5H9NO2S. The number of carboxylic acid groups (broad SMARTS) is 1. The SMILES string of the molecule is CC1(C(=O)O)CN(S)C1. The van der Waals surface area contributed by atoms with Gasteiger partial charge in [-0.15, -0.1) is 0 Å². The minimum Gasteiger partial charge on any atom is -0.481 e. The van der Waals surface area contributed by atoms with E-state index in [-0.39, 0.29) is 0 Å². The maximum absolute atomic E-state index is 10.4. The van der Waals surface area contributed by atoms with Crippen LogP contribution >= 0.6 is 12.8 Å². The van der Waals surface area contributed by atoms with Crippen molar-refractivity contribution in [3.05, 3.63) is 0 Å². The summed E-state index contributed by atoms with van der Waals surface area (Å²) in [5, 5.41) is 8.55. The van der Waals surface area contributed by atoms with Crippen LogP contribution in [0.4, 0.5) is 0 Å². The maximum Gasteiger partial charge on any atom is 0.312 e. The number of nitrogens with zero attached hydrogens (tertiary/aromatic N) is 1. The first-order valence-corrected chi connectivity index (χ1v) is 3.12. The van der Waals surface area contributed by atoms with E-state index in [1.54, 1.807) is 11.2 Å². The molecule has 0 aliphatic carbocycles. The predicted molar refractivity (Wildman–Crippen MR) is 36.3 cm³/mol. The van der Waals surface area contributed by atoms with Gasteiger partial charge in [0.25, 0.3) is 0 Å². The second-order valence-corrected chi connectivity index (χ2v) is 3.25. The second-order valence-electron chi connectivity index (χ2n) is 2.69.